The summed E-state index contributed by atoms with van der Waals surface area (Å²) in [6, 6.07) is 4.81. The minimum atomic E-state index is -0.215. The number of halogens is 2. The topological polar surface area (TPSA) is 65.1 Å². The lowest BCUT2D eigenvalue weighted by atomic mass is 10.1. The Morgan fingerprint density at radius 1 is 1.33 bits per heavy atom. The number of thiazole rings is 1. The third kappa shape index (κ3) is 5.65. The maximum atomic E-state index is 13.4. The molecule has 0 atom stereocenters. The average Bonchev–Trinajstić information content (AvgIpc) is 3.25. The molecule has 0 fully saturated rings. The highest BCUT2D eigenvalue weighted by molar-refractivity contribution is 14.0. The Kier molecular flexibility index (Phi) is 8.03. The van der Waals surface area contributed by atoms with E-state index < -0.39 is 0 Å². The Hall–Kier alpha value is -1.68. The molecule has 0 aliphatic rings. The highest BCUT2D eigenvalue weighted by Crippen LogP contribution is 2.19. The Morgan fingerprint density at radius 2 is 2.15 bits per heavy atom. The van der Waals surface area contributed by atoms with Crippen molar-refractivity contribution in [2.75, 3.05) is 13.6 Å². The molecule has 0 unspecified atom stereocenters. The fourth-order valence-electron chi connectivity index (χ4n) is 2.72. The number of aromatic nitrogens is 2. The van der Waals surface area contributed by atoms with Gasteiger partial charge in [-0.3, -0.25) is 4.99 Å². The molecule has 0 bridgehead atoms. The maximum Gasteiger partial charge on any atom is 0.191 e. The SMILES string of the molecule is CN=C(NCCc1c[nH]c2ccc(F)cc12)NCc1nc(C(C)C)cs1.I. The molecule has 146 valence electrons. The van der Waals surface area contributed by atoms with Crippen molar-refractivity contribution in [3.8, 4) is 0 Å². The van der Waals surface area contributed by atoms with E-state index in [4.69, 9.17) is 0 Å². The van der Waals surface area contributed by atoms with Gasteiger partial charge in [0.1, 0.15) is 10.8 Å². The van der Waals surface area contributed by atoms with Crippen LogP contribution in [0.2, 0.25) is 0 Å². The molecule has 0 saturated heterocycles. The van der Waals surface area contributed by atoms with Gasteiger partial charge < -0.3 is 15.6 Å². The number of nitrogens with one attached hydrogen (secondary N) is 3. The summed E-state index contributed by atoms with van der Waals surface area (Å²) in [4.78, 5) is 12.0. The van der Waals surface area contributed by atoms with Gasteiger partial charge in [-0.25, -0.2) is 9.37 Å². The summed E-state index contributed by atoms with van der Waals surface area (Å²) < 4.78 is 13.4. The van der Waals surface area contributed by atoms with Crippen molar-refractivity contribution in [2.24, 2.45) is 4.99 Å². The average molecular weight is 501 g/mol. The number of guanidine groups is 1. The molecule has 2 heterocycles. The van der Waals surface area contributed by atoms with Crippen LogP contribution in [0.3, 0.4) is 0 Å². The first kappa shape index (κ1) is 21.6. The highest BCUT2D eigenvalue weighted by Gasteiger charge is 2.07. The fraction of sp³-hybridized carbons (Fsp3) is 0.368. The summed E-state index contributed by atoms with van der Waals surface area (Å²) in [6.07, 6.45) is 2.71. The second-order valence-electron chi connectivity index (χ2n) is 6.43. The summed E-state index contributed by atoms with van der Waals surface area (Å²) in [5, 5.41) is 10.7. The molecule has 0 radical (unpaired) electrons. The lowest BCUT2D eigenvalue weighted by molar-refractivity contribution is 0.629. The van der Waals surface area contributed by atoms with E-state index in [0.717, 1.165) is 39.5 Å². The lowest BCUT2D eigenvalue weighted by Gasteiger charge is -2.10. The minimum Gasteiger partial charge on any atom is -0.361 e. The van der Waals surface area contributed by atoms with E-state index in [2.05, 4.69) is 44.8 Å². The number of aliphatic imine (C=N–C) groups is 1. The smallest absolute Gasteiger partial charge is 0.191 e. The molecule has 5 nitrogen and oxygen atoms in total. The number of hydrogen-bond donors (Lipinski definition) is 3. The van der Waals surface area contributed by atoms with Gasteiger partial charge in [0, 0.05) is 36.1 Å². The van der Waals surface area contributed by atoms with Crippen LogP contribution in [0.25, 0.3) is 10.9 Å². The minimum absolute atomic E-state index is 0. The molecule has 0 saturated carbocycles. The Labute approximate surface area is 179 Å². The molecule has 3 N–H and O–H groups in total. The van der Waals surface area contributed by atoms with E-state index in [1.165, 1.54) is 6.07 Å². The van der Waals surface area contributed by atoms with Crippen LogP contribution in [0.5, 0.6) is 0 Å². The van der Waals surface area contributed by atoms with Crippen molar-refractivity contribution in [1.29, 1.82) is 0 Å². The van der Waals surface area contributed by atoms with Crippen LogP contribution in [-0.2, 0) is 13.0 Å². The van der Waals surface area contributed by atoms with Crippen LogP contribution in [0, 0.1) is 5.82 Å². The molecule has 0 spiro atoms. The van der Waals surface area contributed by atoms with Gasteiger partial charge in [-0.15, -0.1) is 35.3 Å². The number of H-pyrrole nitrogens is 1. The number of fused-ring (bicyclic) bond motifs is 1. The Morgan fingerprint density at radius 3 is 2.85 bits per heavy atom. The summed E-state index contributed by atoms with van der Waals surface area (Å²) in [5.74, 6) is 0.962. The number of benzene rings is 1. The number of aromatic amines is 1. The molecule has 0 aliphatic heterocycles. The molecule has 3 aromatic rings. The zero-order valence-electron chi connectivity index (χ0n) is 15.7. The van der Waals surface area contributed by atoms with E-state index >= 15 is 0 Å². The van der Waals surface area contributed by atoms with Crippen molar-refractivity contribution in [2.45, 2.75) is 32.7 Å². The molecule has 2 aromatic heterocycles. The van der Waals surface area contributed by atoms with E-state index in [-0.39, 0.29) is 29.8 Å². The molecule has 1 aromatic carbocycles. The predicted molar refractivity (Wildman–Crippen MR) is 122 cm³/mol. The maximum absolute atomic E-state index is 13.4. The number of rotatable bonds is 6. The van der Waals surface area contributed by atoms with Crippen LogP contribution >= 0.6 is 35.3 Å². The highest BCUT2D eigenvalue weighted by atomic mass is 127. The zero-order valence-corrected chi connectivity index (χ0v) is 18.8. The number of nitrogens with zero attached hydrogens (tertiary/aromatic N) is 2. The van der Waals surface area contributed by atoms with Crippen LogP contribution in [0.1, 0.15) is 36.0 Å². The van der Waals surface area contributed by atoms with Crippen LogP contribution < -0.4 is 10.6 Å². The first-order valence-corrected chi connectivity index (χ1v) is 9.59. The third-order valence-electron chi connectivity index (χ3n) is 4.21. The normalized spacial score (nSPS) is 11.7. The van der Waals surface area contributed by atoms with Gasteiger partial charge in [0.25, 0.3) is 0 Å². The standard InChI is InChI=1S/C19H24FN5S.HI/c1-12(2)17-11-26-18(25-17)10-24-19(21-3)22-7-6-13-9-23-16-5-4-14(20)8-15(13)16;/h4-5,8-9,11-12,23H,6-7,10H2,1-3H3,(H2,21,22,24);1H. The summed E-state index contributed by atoms with van der Waals surface area (Å²) in [5.41, 5.74) is 3.17. The first-order valence-electron chi connectivity index (χ1n) is 8.71. The quantitative estimate of drug-likeness (QED) is 0.266. The second kappa shape index (κ2) is 10.0. The van der Waals surface area contributed by atoms with Crippen LogP contribution in [-0.4, -0.2) is 29.5 Å². The van der Waals surface area contributed by atoms with Gasteiger partial charge in [0.15, 0.2) is 5.96 Å². The molecular formula is C19H25FIN5S. The van der Waals surface area contributed by atoms with Crippen LogP contribution in [0.4, 0.5) is 4.39 Å². The van der Waals surface area contributed by atoms with Gasteiger partial charge >= 0.3 is 0 Å². The summed E-state index contributed by atoms with van der Waals surface area (Å²) in [7, 11) is 1.75. The Bertz CT molecular complexity index is 903. The summed E-state index contributed by atoms with van der Waals surface area (Å²) in [6.45, 7) is 5.64. The van der Waals surface area contributed by atoms with Crippen molar-refractivity contribution < 1.29 is 4.39 Å². The second-order valence-corrected chi connectivity index (χ2v) is 7.37. The van der Waals surface area contributed by atoms with Gasteiger partial charge in [-0.05, 0) is 36.1 Å². The van der Waals surface area contributed by atoms with Gasteiger partial charge in [-0.2, -0.15) is 0 Å². The van der Waals surface area contributed by atoms with Crippen molar-refractivity contribution >= 4 is 52.2 Å². The first-order chi connectivity index (χ1) is 12.6. The van der Waals surface area contributed by atoms with Crippen molar-refractivity contribution in [3.05, 3.63) is 51.9 Å². The Balaban J connectivity index is 0.00000261. The molecule has 3 rings (SSSR count). The van der Waals surface area contributed by atoms with Gasteiger partial charge in [0.05, 0.1) is 12.2 Å². The van der Waals surface area contributed by atoms with Gasteiger partial charge in [0.2, 0.25) is 0 Å². The van der Waals surface area contributed by atoms with Crippen molar-refractivity contribution in [3.63, 3.8) is 0 Å². The summed E-state index contributed by atoms with van der Waals surface area (Å²) >= 11 is 1.66. The van der Waals surface area contributed by atoms with E-state index in [9.17, 15) is 4.39 Å². The van der Waals surface area contributed by atoms with E-state index in [1.807, 2.05) is 6.20 Å². The molecular weight excluding hydrogens is 476 g/mol. The van der Waals surface area contributed by atoms with Gasteiger partial charge in [-0.1, -0.05) is 13.8 Å². The molecule has 27 heavy (non-hydrogen) atoms. The number of hydrogen-bond acceptors (Lipinski definition) is 3. The predicted octanol–water partition coefficient (Wildman–Crippen LogP) is 4.41. The molecule has 8 heteroatoms. The van der Waals surface area contributed by atoms with E-state index in [1.54, 1.807) is 30.5 Å². The van der Waals surface area contributed by atoms with E-state index in [0.29, 0.717) is 19.0 Å². The van der Waals surface area contributed by atoms with Crippen LogP contribution in [0.15, 0.2) is 34.8 Å². The zero-order chi connectivity index (χ0) is 18.5. The molecule has 0 amide bonds. The van der Waals surface area contributed by atoms with Crippen molar-refractivity contribution in [1.82, 2.24) is 20.6 Å². The lowest BCUT2D eigenvalue weighted by Crippen LogP contribution is -2.37. The molecule has 0 aliphatic carbocycles. The third-order valence-corrected chi connectivity index (χ3v) is 5.08. The largest absolute Gasteiger partial charge is 0.361 e. The fourth-order valence-corrected chi connectivity index (χ4v) is 3.62. The monoisotopic (exact) mass is 501 g/mol.